The van der Waals surface area contributed by atoms with Crippen LogP contribution in [0.4, 0.5) is 5.69 Å². The SMILES string of the molecule is CNS(=O)(=O)c1cc(NC2CCC(C)CC2)ccc1C. The molecular weight excluding hydrogens is 272 g/mol. The van der Waals surface area contributed by atoms with E-state index in [1.54, 1.807) is 6.07 Å². The minimum Gasteiger partial charge on any atom is -0.382 e. The van der Waals surface area contributed by atoms with Gasteiger partial charge < -0.3 is 5.32 Å². The highest BCUT2D eigenvalue weighted by Crippen LogP contribution is 2.27. The fraction of sp³-hybridized carbons (Fsp3) is 0.600. The smallest absolute Gasteiger partial charge is 0.240 e. The quantitative estimate of drug-likeness (QED) is 0.898. The van der Waals surface area contributed by atoms with Crippen molar-refractivity contribution in [3.63, 3.8) is 0 Å². The molecule has 4 nitrogen and oxygen atoms in total. The van der Waals surface area contributed by atoms with Crippen LogP contribution < -0.4 is 10.0 Å². The number of hydrogen-bond acceptors (Lipinski definition) is 3. The number of sulfonamides is 1. The first-order chi connectivity index (χ1) is 9.42. The van der Waals surface area contributed by atoms with Gasteiger partial charge >= 0.3 is 0 Å². The summed E-state index contributed by atoms with van der Waals surface area (Å²) in [4.78, 5) is 0.356. The summed E-state index contributed by atoms with van der Waals surface area (Å²) in [5.41, 5.74) is 1.66. The lowest BCUT2D eigenvalue weighted by molar-refractivity contribution is 0.361. The zero-order chi connectivity index (χ0) is 14.8. The zero-order valence-electron chi connectivity index (χ0n) is 12.4. The number of hydrogen-bond donors (Lipinski definition) is 2. The van der Waals surface area contributed by atoms with E-state index in [1.807, 2.05) is 19.1 Å². The second-order valence-corrected chi connectivity index (χ2v) is 7.64. The Morgan fingerprint density at radius 3 is 2.40 bits per heavy atom. The molecule has 0 radical (unpaired) electrons. The van der Waals surface area contributed by atoms with Gasteiger partial charge in [0.05, 0.1) is 4.90 Å². The third-order valence-corrected chi connectivity index (χ3v) is 5.69. The van der Waals surface area contributed by atoms with Crippen molar-refractivity contribution >= 4 is 15.7 Å². The van der Waals surface area contributed by atoms with Crippen molar-refractivity contribution < 1.29 is 8.42 Å². The van der Waals surface area contributed by atoms with Crippen LogP contribution in [-0.2, 0) is 10.0 Å². The molecular formula is C15H24N2O2S. The molecule has 0 spiro atoms. The number of anilines is 1. The highest BCUT2D eigenvalue weighted by Gasteiger charge is 2.19. The molecule has 1 aliphatic carbocycles. The van der Waals surface area contributed by atoms with Crippen LogP contribution in [0.1, 0.15) is 38.2 Å². The van der Waals surface area contributed by atoms with Gasteiger partial charge in [-0.25, -0.2) is 13.1 Å². The maximum Gasteiger partial charge on any atom is 0.240 e. The maximum absolute atomic E-state index is 12.0. The van der Waals surface area contributed by atoms with E-state index in [9.17, 15) is 8.42 Å². The van der Waals surface area contributed by atoms with Crippen LogP contribution in [0.5, 0.6) is 0 Å². The van der Waals surface area contributed by atoms with Crippen molar-refractivity contribution in [3.8, 4) is 0 Å². The fourth-order valence-corrected chi connectivity index (χ4v) is 3.72. The van der Waals surface area contributed by atoms with Crippen molar-refractivity contribution in [1.29, 1.82) is 0 Å². The second-order valence-electron chi connectivity index (χ2n) is 5.79. The second kappa shape index (κ2) is 6.14. The molecule has 1 fully saturated rings. The lowest BCUT2D eigenvalue weighted by Crippen LogP contribution is -2.25. The number of rotatable bonds is 4. The van der Waals surface area contributed by atoms with Gasteiger partial charge in [0.25, 0.3) is 0 Å². The number of nitrogens with one attached hydrogen (secondary N) is 2. The van der Waals surface area contributed by atoms with Crippen LogP contribution in [-0.4, -0.2) is 21.5 Å². The molecule has 1 aromatic carbocycles. The van der Waals surface area contributed by atoms with Crippen LogP contribution in [0.2, 0.25) is 0 Å². The fourth-order valence-electron chi connectivity index (χ4n) is 2.73. The average Bonchev–Trinajstić information content (AvgIpc) is 2.43. The molecule has 20 heavy (non-hydrogen) atoms. The molecule has 112 valence electrons. The first-order valence-corrected chi connectivity index (χ1v) is 8.71. The standard InChI is InChI=1S/C15H24N2O2S/c1-11-4-7-13(8-5-11)17-14-9-6-12(2)15(10-14)20(18,19)16-3/h6,9-11,13,16-17H,4-5,7-8H2,1-3H3. The molecule has 1 saturated carbocycles. The molecule has 1 aromatic rings. The van der Waals surface area contributed by atoms with Gasteiger partial charge in [-0.3, -0.25) is 0 Å². The Morgan fingerprint density at radius 2 is 1.80 bits per heavy atom. The van der Waals surface area contributed by atoms with Gasteiger partial charge in [0.1, 0.15) is 0 Å². The number of benzene rings is 1. The van der Waals surface area contributed by atoms with E-state index in [0.717, 1.165) is 30.0 Å². The van der Waals surface area contributed by atoms with Gasteiger partial charge in [-0.2, -0.15) is 0 Å². The largest absolute Gasteiger partial charge is 0.382 e. The molecule has 2 N–H and O–H groups in total. The van der Waals surface area contributed by atoms with Crippen molar-refractivity contribution in [2.24, 2.45) is 5.92 Å². The Hall–Kier alpha value is -1.07. The van der Waals surface area contributed by atoms with Crippen LogP contribution in [0, 0.1) is 12.8 Å². The minimum absolute atomic E-state index is 0.356. The summed E-state index contributed by atoms with van der Waals surface area (Å²) in [5, 5.41) is 3.47. The van der Waals surface area contributed by atoms with Crippen LogP contribution >= 0.6 is 0 Å². The molecule has 0 bridgehead atoms. The van der Waals surface area contributed by atoms with E-state index in [-0.39, 0.29) is 0 Å². The molecule has 0 unspecified atom stereocenters. The summed E-state index contributed by atoms with van der Waals surface area (Å²) in [7, 11) is -1.95. The average molecular weight is 296 g/mol. The summed E-state index contributed by atoms with van der Waals surface area (Å²) < 4.78 is 26.3. The third kappa shape index (κ3) is 3.52. The molecule has 5 heteroatoms. The van der Waals surface area contributed by atoms with Gasteiger partial charge in [-0.15, -0.1) is 0 Å². The lowest BCUT2D eigenvalue weighted by atomic mass is 9.87. The molecule has 0 saturated heterocycles. The molecule has 1 aliphatic rings. The van der Waals surface area contributed by atoms with Gasteiger partial charge in [-0.1, -0.05) is 13.0 Å². The molecule has 0 amide bonds. The van der Waals surface area contributed by atoms with Gasteiger partial charge in [0, 0.05) is 11.7 Å². The van der Waals surface area contributed by atoms with Crippen molar-refractivity contribution in [3.05, 3.63) is 23.8 Å². The Bertz CT molecular complexity index is 561. The van der Waals surface area contributed by atoms with Crippen LogP contribution in [0.3, 0.4) is 0 Å². The van der Waals surface area contributed by atoms with E-state index in [2.05, 4.69) is 17.0 Å². The van der Waals surface area contributed by atoms with Crippen molar-refractivity contribution in [1.82, 2.24) is 4.72 Å². The predicted octanol–water partition coefficient (Wildman–Crippen LogP) is 2.89. The summed E-state index contributed by atoms with van der Waals surface area (Å²) in [6.07, 6.45) is 4.79. The van der Waals surface area contributed by atoms with E-state index in [4.69, 9.17) is 0 Å². The predicted molar refractivity (Wildman–Crippen MR) is 82.5 cm³/mol. The van der Waals surface area contributed by atoms with Crippen LogP contribution in [0.25, 0.3) is 0 Å². The van der Waals surface area contributed by atoms with Crippen molar-refractivity contribution in [2.45, 2.75) is 50.5 Å². The van der Waals surface area contributed by atoms with E-state index in [1.165, 1.54) is 19.9 Å². The Kier molecular flexibility index (Phi) is 4.70. The normalized spacial score (nSPS) is 23.6. The number of aryl methyl sites for hydroxylation is 1. The van der Waals surface area contributed by atoms with Gasteiger partial charge in [0.2, 0.25) is 10.0 Å². The first-order valence-electron chi connectivity index (χ1n) is 7.23. The first kappa shape index (κ1) is 15.3. The van der Waals surface area contributed by atoms with E-state index >= 15 is 0 Å². The Labute approximate surface area is 122 Å². The highest BCUT2D eigenvalue weighted by atomic mass is 32.2. The molecule has 0 heterocycles. The summed E-state index contributed by atoms with van der Waals surface area (Å²) >= 11 is 0. The Balaban J connectivity index is 2.16. The van der Waals surface area contributed by atoms with Crippen LogP contribution in [0.15, 0.2) is 23.1 Å². The van der Waals surface area contributed by atoms with E-state index < -0.39 is 10.0 Å². The lowest BCUT2D eigenvalue weighted by Gasteiger charge is -2.28. The molecule has 0 aromatic heterocycles. The zero-order valence-corrected chi connectivity index (χ0v) is 13.3. The third-order valence-electron chi connectivity index (χ3n) is 4.13. The molecule has 0 aliphatic heterocycles. The van der Waals surface area contributed by atoms with Crippen molar-refractivity contribution in [2.75, 3.05) is 12.4 Å². The minimum atomic E-state index is -3.39. The monoisotopic (exact) mass is 296 g/mol. The highest BCUT2D eigenvalue weighted by molar-refractivity contribution is 7.89. The summed E-state index contributed by atoms with van der Waals surface area (Å²) in [6.45, 7) is 4.11. The molecule has 2 rings (SSSR count). The molecule has 0 atom stereocenters. The Morgan fingerprint density at radius 1 is 1.15 bits per heavy atom. The van der Waals surface area contributed by atoms with Gasteiger partial charge in [0.15, 0.2) is 0 Å². The maximum atomic E-state index is 12.0. The summed E-state index contributed by atoms with van der Waals surface area (Å²) in [6, 6.07) is 6.01. The van der Waals surface area contributed by atoms with Gasteiger partial charge in [-0.05, 0) is 63.3 Å². The van der Waals surface area contributed by atoms with E-state index in [0.29, 0.717) is 10.9 Å². The topological polar surface area (TPSA) is 58.2 Å². The summed E-state index contributed by atoms with van der Waals surface area (Å²) in [5.74, 6) is 0.811.